The fourth-order valence-corrected chi connectivity index (χ4v) is 5.98. The molecule has 36 heavy (non-hydrogen) atoms. The number of fused-ring (bicyclic) bond motifs is 1. The van der Waals surface area contributed by atoms with Crippen molar-refractivity contribution < 1.29 is 14.6 Å². The third kappa shape index (κ3) is 4.28. The van der Waals surface area contributed by atoms with E-state index in [1.807, 2.05) is 23.9 Å². The fourth-order valence-electron chi connectivity index (χ4n) is 5.98. The predicted molar refractivity (Wildman–Crippen MR) is 138 cm³/mol. The number of morpholine rings is 1. The molecule has 2 aromatic heterocycles. The average Bonchev–Trinajstić information content (AvgIpc) is 3.29. The third-order valence-corrected chi connectivity index (χ3v) is 8.17. The predicted octanol–water partition coefficient (Wildman–Crippen LogP) is 2.60. The number of rotatable bonds is 5. The minimum absolute atomic E-state index is 0.00525. The van der Waals surface area contributed by atoms with E-state index in [-0.39, 0.29) is 18.2 Å². The highest BCUT2D eigenvalue weighted by atomic mass is 16.5. The van der Waals surface area contributed by atoms with Gasteiger partial charge in [0.05, 0.1) is 49.8 Å². The van der Waals surface area contributed by atoms with Crippen LogP contribution in [0, 0.1) is 13.8 Å². The van der Waals surface area contributed by atoms with Crippen LogP contribution in [0.2, 0.25) is 0 Å². The normalized spacial score (nSPS) is 23.2. The zero-order valence-electron chi connectivity index (χ0n) is 21.5. The number of likely N-dealkylation sites (tertiary alicyclic amines) is 1. The standard InChI is InChI=1S/C27H36N6O3/c1-18-10-21-13-28-33(26-12-25(29-19(2)30-26)31-8-9-36-22(14-31)15-34)24(21)11-23(18)20-4-6-32(7-5-20)27(3)16-35-17-27/h10-13,20,22,34H,4-9,14-17H2,1-3H3/t22-/m1/s1. The van der Waals surface area contributed by atoms with E-state index in [1.165, 1.54) is 11.1 Å². The van der Waals surface area contributed by atoms with Crippen LogP contribution in [0.15, 0.2) is 24.4 Å². The molecule has 1 atom stereocenters. The number of hydrogen-bond donors (Lipinski definition) is 1. The van der Waals surface area contributed by atoms with E-state index in [0.717, 1.165) is 68.2 Å². The second kappa shape index (κ2) is 9.37. The lowest BCUT2D eigenvalue weighted by molar-refractivity contribution is -0.136. The Morgan fingerprint density at radius 2 is 1.83 bits per heavy atom. The van der Waals surface area contributed by atoms with Crippen molar-refractivity contribution in [2.75, 3.05) is 57.5 Å². The SMILES string of the molecule is Cc1nc(N2CCO[C@@H](CO)C2)cc(-n2ncc3cc(C)c(C4CCN(C5(C)COC5)CC4)cc32)n1. The Morgan fingerprint density at radius 3 is 2.56 bits per heavy atom. The van der Waals surface area contributed by atoms with Crippen LogP contribution >= 0.6 is 0 Å². The largest absolute Gasteiger partial charge is 0.394 e. The van der Waals surface area contributed by atoms with E-state index in [0.29, 0.717) is 24.9 Å². The number of anilines is 1. The van der Waals surface area contributed by atoms with Crippen molar-refractivity contribution in [3.05, 3.63) is 41.3 Å². The van der Waals surface area contributed by atoms with Gasteiger partial charge in [-0.1, -0.05) is 0 Å². The molecule has 1 N–H and O–H groups in total. The van der Waals surface area contributed by atoms with Crippen LogP contribution in [0.3, 0.4) is 0 Å². The minimum atomic E-state index is -0.195. The Bertz CT molecular complexity index is 1250. The second-order valence-corrected chi connectivity index (χ2v) is 10.8. The summed E-state index contributed by atoms with van der Waals surface area (Å²) in [6.45, 7) is 12.3. The van der Waals surface area contributed by atoms with Gasteiger partial charge in [0.25, 0.3) is 0 Å². The first kappa shape index (κ1) is 23.8. The smallest absolute Gasteiger partial charge is 0.159 e. The van der Waals surface area contributed by atoms with Gasteiger partial charge in [-0.15, -0.1) is 0 Å². The van der Waals surface area contributed by atoms with Gasteiger partial charge in [0, 0.05) is 24.5 Å². The maximum absolute atomic E-state index is 9.55. The molecule has 0 unspecified atom stereocenters. The summed E-state index contributed by atoms with van der Waals surface area (Å²) in [5.41, 5.74) is 4.06. The number of aryl methyl sites for hydroxylation is 2. The number of piperidine rings is 1. The average molecular weight is 493 g/mol. The molecule has 1 aromatic carbocycles. The molecule has 192 valence electrons. The molecule has 0 spiro atoms. The molecule has 5 heterocycles. The van der Waals surface area contributed by atoms with Gasteiger partial charge in [-0.05, 0) is 75.9 Å². The van der Waals surface area contributed by atoms with Crippen molar-refractivity contribution in [1.82, 2.24) is 24.6 Å². The highest BCUT2D eigenvalue weighted by Gasteiger charge is 2.41. The van der Waals surface area contributed by atoms with Gasteiger partial charge in [0.1, 0.15) is 11.6 Å². The van der Waals surface area contributed by atoms with Crippen molar-refractivity contribution in [3.8, 4) is 5.82 Å². The molecule has 0 saturated carbocycles. The monoisotopic (exact) mass is 492 g/mol. The Labute approximate surface area is 212 Å². The van der Waals surface area contributed by atoms with Crippen molar-refractivity contribution in [1.29, 1.82) is 0 Å². The van der Waals surface area contributed by atoms with Gasteiger partial charge in [-0.25, -0.2) is 14.6 Å². The third-order valence-electron chi connectivity index (χ3n) is 8.17. The van der Waals surface area contributed by atoms with E-state index in [9.17, 15) is 5.11 Å². The molecule has 3 aliphatic rings. The zero-order valence-corrected chi connectivity index (χ0v) is 21.5. The quantitative estimate of drug-likeness (QED) is 0.582. The van der Waals surface area contributed by atoms with Crippen LogP contribution in [0.5, 0.6) is 0 Å². The molecule has 0 radical (unpaired) electrons. The molecule has 3 aromatic rings. The molecule has 9 nitrogen and oxygen atoms in total. The van der Waals surface area contributed by atoms with E-state index in [1.54, 1.807) is 0 Å². The minimum Gasteiger partial charge on any atom is -0.394 e. The van der Waals surface area contributed by atoms with Crippen LogP contribution in [-0.2, 0) is 9.47 Å². The Balaban J connectivity index is 1.29. The lowest BCUT2D eigenvalue weighted by atomic mass is 9.84. The number of nitrogens with zero attached hydrogens (tertiary/aromatic N) is 6. The molecule has 0 aliphatic carbocycles. The van der Waals surface area contributed by atoms with Crippen LogP contribution in [0.25, 0.3) is 16.7 Å². The Kier molecular flexibility index (Phi) is 6.19. The molecule has 3 saturated heterocycles. The van der Waals surface area contributed by atoms with E-state index < -0.39 is 0 Å². The van der Waals surface area contributed by atoms with Crippen molar-refractivity contribution in [3.63, 3.8) is 0 Å². The van der Waals surface area contributed by atoms with Crippen molar-refractivity contribution in [2.24, 2.45) is 0 Å². The Hall–Kier alpha value is -2.59. The van der Waals surface area contributed by atoms with Crippen molar-refractivity contribution in [2.45, 2.75) is 51.2 Å². The highest BCUT2D eigenvalue weighted by molar-refractivity contribution is 5.82. The summed E-state index contributed by atoms with van der Waals surface area (Å²) in [7, 11) is 0. The van der Waals surface area contributed by atoms with E-state index >= 15 is 0 Å². The first-order valence-electron chi connectivity index (χ1n) is 13.1. The number of aromatic nitrogens is 4. The number of aliphatic hydroxyl groups is 1. The first-order chi connectivity index (χ1) is 17.4. The summed E-state index contributed by atoms with van der Waals surface area (Å²) in [6.07, 6.45) is 4.06. The van der Waals surface area contributed by atoms with Crippen LogP contribution in [0.1, 0.15) is 42.6 Å². The molecule has 0 amide bonds. The molecular weight excluding hydrogens is 456 g/mol. The summed E-state index contributed by atoms with van der Waals surface area (Å²) >= 11 is 0. The van der Waals surface area contributed by atoms with Crippen molar-refractivity contribution >= 4 is 16.7 Å². The molecule has 9 heteroatoms. The zero-order chi connectivity index (χ0) is 24.9. The molecule has 3 aliphatic heterocycles. The molecular formula is C27H36N6O3. The van der Waals surface area contributed by atoms with Crippen LogP contribution in [0.4, 0.5) is 5.82 Å². The van der Waals surface area contributed by atoms with Gasteiger partial charge < -0.3 is 19.5 Å². The maximum Gasteiger partial charge on any atom is 0.159 e. The molecule has 6 rings (SSSR count). The van der Waals surface area contributed by atoms with Gasteiger partial charge in [-0.2, -0.15) is 5.10 Å². The van der Waals surface area contributed by atoms with E-state index in [4.69, 9.17) is 19.6 Å². The lowest BCUT2D eigenvalue weighted by Gasteiger charge is -2.50. The lowest BCUT2D eigenvalue weighted by Crippen LogP contribution is -2.61. The van der Waals surface area contributed by atoms with Gasteiger partial charge in [-0.3, -0.25) is 4.90 Å². The molecule has 3 fully saturated rings. The van der Waals surface area contributed by atoms with Crippen LogP contribution in [-0.4, -0.2) is 94.0 Å². The van der Waals surface area contributed by atoms with Gasteiger partial charge in [0.2, 0.25) is 0 Å². The number of ether oxygens (including phenoxy) is 2. The molecule has 0 bridgehead atoms. The summed E-state index contributed by atoms with van der Waals surface area (Å²) in [6, 6.07) is 6.60. The Morgan fingerprint density at radius 1 is 1.06 bits per heavy atom. The van der Waals surface area contributed by atoms with Crippen LogP contribution < -0.4 is 4.90 Å². The fraction of sp³-hybridized carbons (Fsp3) is 0.593. The summed E-state index contributed by atoms with van der Waals surface area (Å²) in [4.78, 5) is 14.2. The summed E-state index contributed by atoms with van der Waals surface area (Å²) in [5.74, 6) is 2.86. The number of hydrogen-bond acceptors (Lipinski definition) is 8. The van der Waals surface area contributed by atoms with E-state index in [2.05, 4.69) is 40.8 Å². The maximum atomic E-state index is 9.55. The number of benzene rings is 1. The van der Waals surface area contributed by atoms with Gasteiger partial charge >= 0.3 is 0 Å². The number of aliphatic hydroxyl groups excluding tert-OH is 1. The summed E-state index contributed by atoms with van der Waals surface area (Å²) < 4.78 is 13.1. The summed E-state index contributed by atoms with van der Waals surface area (Å²) in [5, 5.41) is 15.4. The highest BCUT2D eigenvalue weighted by Crippen LogP contribution is 2.36. The first-order valence-corrected chi connectivity index (χ1v) is 13.1. The topological polar surface area (TPSA) is 88.8 Å². The second-order valence-electron chi connectivity index (χ2n) is 10.8. The van der Waals surface area contributed by atoms with Gasteiger partial charge in [0.15, 0.2) is 5.82 Å².